The van der Waals surface area contributed by atoms with E-state index < -0.39 is 0 Å². The van der Waals surface area contributed by atoms with E-state index in [1.165, 1.54) is 43.4 Å². The predicted molar refractivity (Wildman–Crippen MR) is 187 cm³/mol. The van der Waals surface area contributed by atoms with Crippen molar-refractivity contribution in [3.8, 4) is 17.3 Å². The van der Waals surface area contributed by atoms with Gasteiger partial charge < -0.3 is 4.57 Å². The molecule has 0 aliphatic carbocycles. The SMILES string of the molecule is c1ccc(-n2c(-n3c4ccccc4c4c3c3ccccc3c3c5ccccc5n(-c5ccccc5)c34)nc3ccccc32)cc1. The first-order valence-electron chi connectivity index (χ1n) is 15.3. The second-order valence-electron chi connectivity index (χ2n) is 11.6. The summed E-state index contributed by atoms with van der Waals surface area (Å²) in [6.45, 7) is 0. The van der Waals surface area contributed by atoms with E-state index in [4.69, 9.17) is 4.98 Å². The van der Waals surface area contributed by atoms with Crippen molar-refractivity contribution < 1.29 is 0 Å². The van der Waals surface area contributed by atoms with Gasteiger partial charge in [-0.2, -0.15) is 0 Å². The first-order valence-corrected chi connectivity index (χ1v) is 15.3. The molecule has 45 heavy (non-hydrogen) atoms. The third-order valence-corrected chi connectivity index (χ3v) is 9.21. The second kappa shape index (κ2) is 9.18. The third-order valence-electron chi connectivity index (χ3n) is 9.21. The Hall–Kier alpha value is -6.13. The Morgan fingerprint density at radius 2 is 0.822 bits per heavy atom. The van der Waals surface area contributed by atoms with Crippen LogP contribution in [0.25, 0.3) is 82.7 Å². The normalized spacial score (nSPS) is 12.0. The minimum Gasteiger partial charge on any atom is -0.309 e. The Bertz CT molecular complexity index is 2750. The van der Waals surface area contributed by atoms with Gasteiger partial charge in [0.1, 0.15) is 0 Å². The van der Waals surface area contributed by atoms with Crippen LogP contribution in [0.1, 0.15) is 0 Å². The van der Waals surface area contributed by atoms with Gasteiger partial charge in [0.05, 0.1) is 33.1 Å². The molecule has 0 saturated carbocycles. The van der Waals surface area contributed by atoms with Crippen LogP contribution in [0.4, 0.5) is 0 Å². The molecular formula is C41H26N4. The van der Waals surface area contributed by atoms with Gasteiger partial charge in [0, 0.05) is 38.3 Å². The number of hydrogen-bond acceptors (Lipinski definition) is 1. The van der Waals surface area contributed by atoms with Gasteiger partial charge in [0.15, 0.2) is 0 Å². The molecule has 0 amide bonds. The van der Waals surface area contributed by atoms with Crippen molar-refractivity contribution in [1.82, 2.24) is 18.7 Å². The van der Waals surface area contributed by atoms with Crippen LogP contribution in [0.3, 0.4) is 0 Å². The summed E-state index contributed by atoms with van der Waals surface area (Å²) in [6.07, 6.45) is 0. The van der Waals surface area contributed by atoms with Crippen LogP contribution in [-0.2, 0) is 0 Å². The quantitative estimate of drug-likeness (QED) is 0.206. The molecule has 210 valence electrons. The third kappa shape index (κ3) is 3.28. The number of imidazole rings is 1. The predicted octanol–water partition coefficient (Wildman–Crippen LogP) is 10.4. The van der Waals surface area contributed by atoms with Crippen molar-refractivity contribution >= 4 is 65.4 Å². The molecule has 0 atom stereocenters. The fourth-order valence-corrected chi connectivity index (χ4v) is 7.44. The van der Waals surface area contributed by atoms with Gasteiger partial charge in [0.25, 0.3) is 0 Å². The minimum atomic E-state index is 0.875. The van der Waals surface area contributed by atoms with E-state index in [0.29, 0.717) is 0 Å². The molecule has 10 aromatic rings. The standard InChI is InChI=1S/C41H26N4/c1-3-15-27(16-4-1)43-34-24-12-9-21-31(34)37-29-19-7-8-20-30(29)39-38(40(37)43)32-22-10-13-25-35(32)45(39)41-42-33-23-11-14-26-36(33)44(41)28-17-5-2-6-18-28/h1-26H. The summed E-state index contributed by atoms with van der Waals surface area (Å²) in [5, 5.41) is 7.40. The Morgan fingerprint density at radius 3 is 1.51 bits per heavy atom. The Labute approximate surface area is 258 Å². The summed E-state index contributed by atoms with van der Waals surface area (Å²) in [4.78, 5) is 5.36. The van der Waals surface area contributed by atoms with E-state index in [2.05, 4.69) is 171 Å². The van der Waals surface area contributed by atoms with Crippen molar-refractivity contribution in [3.05, 3.63) is 158 Å². The number of fused-ring (bicyclic) bond motifs is 11. The topological polar surface area (TPSA) is 27.7 Å². The zero-order valence-electron chi connectivity index (χ0n) is 24.3. The smallest absolute Gasteiger partial charge is 0.220 e. The molecule has 0 aliphatic heterocycles. The molecule has 7 aromatic carbocycles. The summed E-state index contributed by atoms with van der Waals surface area (Å²) in [5.74, 6) is 0.875. The van der Waals surface area contributed by atoms with Crippen molar-refractivity contribution in [1.29, 1.82) is 0 Å². The molecule has 0 saturated heterocycles. The molecular weight excluding hydrogens is 548 g/mol. The highest BCUT2D eigenvalue weighted by molar-refractivity contribution is 6.36. The lowest BCUT2D eigenvalue weighted by Crippen LogP contribution is -2.05. The van der Waals surface area contributed by atoms with Crippen LogP contribution in [0, 0.1) is 0 Å². The maximum absolute atomic E-state index is 5.36. The van der Waals surface area contributed by atoms with E-state index in [1.807, 2.05) is 0 Å². The molecule has 3 aromatic heterocycles. The van der Waals surface area contributed by atoms with Gasteiger partial charge in [-0.05, 0) is 53.9 Å². The molecule has 4 nitrogen and oxygen atoms in total. The number of hydrogen-bond donors (Lipinski definition) is 0. The lowest BCUT2D eigenvalue weighted by Gasteiger charge is -2.14. The molecule has 0 radical (unpaired) electrons. The highest BCUT2D eigenvalue weighted by Crippen LogP contribution is 2.46. The number of benzene rings is 7. The van der Waals surface area contributed by atoms with E-state index in [0.717, 1.165) is 39.4 Å². The number of nitrogens with zero attached hydrogens (tertiary/aromatic N) is 4. The van der Waals surface area contributed by atoms with Crippen LogP contribution in [0.2, 0.25) is 0 Å². The van der Waals surface area contributed by atoms with Crippen molar-refractivity contribution in [3.63, 3.8) is 0 Å². The second-order valence-corrected chi connectivity index (χ2v) is 11.6. The summed E-state index contributed by atoms with van der Waals surface area (Å²) < 4.78 is 7.15. The van der Waals surface area contributed by atoms with Crippen molar-refractivity contribution in [2.45, 2.75) is 0 Å². The summed E-state index contributed by atoms with van der Waals surface area (Å²) >= 11 is 0. The van der Waals surface area contributed by atoms with Crippen LogP contribution in [-0.4, -0.2) is 18.7 Å². The van der Waals surface area contributed by atoms with Crippen LogP contribution in [0.15, 0.2) is 158 Å². The molecule has 0 N–H and O–H groups in total. The highest BCUT2D eigenvalue weighted by atomic mass is 15.2. The average molecular weight is 575 g/mol. The maximum atomic E-state index is 5.36. The monoisotopic (exact) mass is 574 g/mol. The Balaban J connectivity index is 1.51. The van der Waals surface area contributed by atoms with Crippen LogP contribution >= 0.6 is 0 Å². The maximum Gasteiger partial charge on any atom is 0.220 e. The number of aromatic nitrogens is 4. The van der Waals surface area contributed by atoms with E-state index in [-0.39, 0.29) is 0 Å². The van der Waals surface area contributed by atoms with Crippen LogP contribution in [0.5, 0.6) is 0 Å². The average Bonchev–Trinajstić information content (AvgIpc) is 3.77. The number of rotatable bonds is 3. The molecule has 0 unspecified atom stereocenters. The van der Waals surface area contributed by atoms with E-state index in [9.17, 15) is 0 Å². The Morgan fingerprint density at radius 1 is 0.333 bits per heavy atom. The summed E-state index contributed by atoms with van der Waals surface area (Å²) in [6, 6.07) is 56.2. The molecule has 0 bridgehead atoms. The van der Waals surface area contributed by atoms with Crippen LogP contribution < -0.4 is 0 Å². The largest absolute Gasteiger partial charge is 0.309 e. The first-order chi connectivity index (χ1) is 22.4. The number of para-hydroxylation sites is 6. The van der Waals surface area contributed by atoms with Gasteiger partial charge in [-0.3, -0.25) is 9.13 Å². The van der Waals surface area contributed by atoms with Gasteiger partial charge >= 0.3 is 0 Å². The zero-order chi connectivity index (χ0) is 29.5. The molecule has 4 heteroatoms. The molecule has 0 aliphatic rings. The molecule has 0 spiro atoms. The Kier molecular flexibility index (Phi) is 4.96. The zero-order valence-corrected chi connectivity index (χ0v) is 24.3. The van der Waals surface area contributed by atoms with Gasteiger partial charge in [-0.1, -0.05) is 109 Å². The minimum absolute atomic E-state index is 0.875. The highest BCUT2D eigenvalue weighted by Gasteiger charge is 2.26. The van der Waals surface area contributed by atoms with Gasteiger partial charge in [-0.25, -0.2) is 4.98 Å². The molecule has 3 heterocycles. The lowest BCUT2D eigenvalue weighted by atomic mass is 9.99. The van der Waals surface area contributed by atoms with Crippen molar-refractivity contribution in [2.75, 3.05) is 0 Å². The summed E-state index contributed by atoms with van der Waals surface area (Å²) in [5.41, 5.74) is 8.97. The summed E-state index contributed by atoms with van der Waals surface area (Å²) in [7, 11) is 0. The van der Waals surface area contributed by atoms with E-state index in [1.54, 1.807) is 0 Å². The molecule has 0 fully saturated rings. The fraction of sp³-hybridized carbons (Fsp3) is 0. The van der Waals surface area contributed by atoms with Crippen molar-refractivity contribution in [2.24, 2.45) is 0 Å². The lowest BCUT2D eigenvalue weighted by molar-refractivity contribution is 0.957. The van der Waals surface area contributed by atoms with E-state index >= 15 is 0 Å². The first kappa shape index (κ1) is 24.3. The van der Waals surface area contributed by atoms with Gasteiger partial charge in [0.2, 0.25) is 5.95 Å². The molecule has 10 rings (SSSR count). The fourth-order valence-electron chi connectivity index (χ4n) is 7.44. The van der Waals surface area contributed by atoms with Gasteiger partial charge in [-0.15, -0.1) is 0 Å².